The summed E-state index contributed by atoms with van der Waals surface area (Å²) in [4.78, 5) is 34.0. The van der Waals surface area contributed by atoms with E-state index in [1.54, 1.807) is 37.1 Å². The molecule has 6 aromatic rings. The van der Waals surface area contributed by atoms with Gasteiger partial charge in [0.15, 0.2) is 17.4 Å². The molecular weight excluding hydrogens is 453 g/mol. The van der Waals surface area contributed by atoms with Gasteiger partial charge in [-0.25, -0.2) is 9.37 Å². The van der Waals surface area contributed by atoms with Crippen LogP contribution in [0.25, 0.3) is 55.2 Å². The summed E-state index contributed by atoms with van der Waals surface area (Å²) in [5, 5.41) is 7.47. The number of nitrogens with one attached hydrogen (secondary N) is 2. The number of pyridine rings is 3. The molecule has 2 N–H and O–H groups in total. The normalized spacial score (nSPS) is 11.5. The molecule has 6 heterocycles. The lowest BCUT2D eigenvalue weighted by atomic mass is 10.1. The van der Waals surface area contributed by atoms with Crippen LogP contribution in [0.15, 0.2) is 49.2 Å². The molecule has 0 unspecified atom stereocenters. The van der Waals surface area contributed by atoms with Crippen LogP contribution in [-0.2, 0) is 0 Å². The molecule has 0 amide bonds. The highest BCUT2D eigenvalue weighted by Gasteiger charge is 2.22. The highest BCUT2D eigenvalue weighted by Crippen LogP contribution is 2.36. The number of hydrogen-bond donors (Lipinski definition) is 2. The van der Waals surface area contributed by atoms with Gasteiger partial charge >= 0.3 is 0 Å². The third kappa shape index (κ3) is 3.11. The smallest absolute Gasteiger partial charge is 0.169 e. The number of nitrogens with zero attached hydrogens (tertiary/aromatic N) is 5. The minimum atomic E-state index is -0.500. The number of imidazole rings is 1. The molecule has 0 atom stereocenters. The van der Waals surface area contributed by atoms with Crippen LogP contribution in [0.5, 0.6) is 0 Å². The van der Waals surface area contributed by atoms with Gasteiger partial charge in [0.25, 0.3) is 0 Å². The zero-order chi connectivity index (χ0) is 23.4. The second kappa shape index (κ2) is 7.63. The van der Waals surface area contributed by atoms with Crippen molar-refractivity contribution in [1.82, 2.24) is 35.1 Å². The number of aromatic amines is 2. The van der Waals surface area contributed by atoms with E-state index >= 15 is 4.39 Å². The average Bonchev–Trinajstić information content (AvgIpc) is 3.57. The van der Waals surface area contributed by atoms with Gasteiger partial charge < -0.3 is 4.98 Å². The van der Waals surface area contributed by atoms with E-state index in [9.17, 15) is 4.79 Å². The number of hydrogen-bond acceptors (Lipinski definition) is 7. The lowest BCUT2D eigenvalue weighted by molar-refractivity contribution is 0.102. The topological polar surface area (TPSA) is 113 Å². The van der Waals surface area contributed by atoms with Gasteiger partial charge in [0.05, 0.1) is 33.7 Å². The number of halogens is 1. The highest BCUT2D eigenvalue weighted by atomic mass is 32.1. The minimum absolute atomic E-state index is 0.00540. The van der Waals surface area contributed by atoms with Gasteiger partial charge in [-0.2, -0.15) is 5.10 Å². The van der Waals surface area contributed by atoms with E-state index in [4.69, 9.17) is 4.98 Å². The maximum atomic E-state index is 15.8. The van der Waals surface area contributed by atoms with E-state index in [0.29, 0.717) is 38.5 Å². The Morgan fingerprint density at radius 3 is 2.65 bits per heavy atom. The van der Waals surface area contributed by atoms with Crippen molar-refractivity contribution >= 4 is 39.1 Å². The Balaban J connectivity index is 1.53. The lowest BCUT2D eigenvalue weighted by Gasteiger charge is -2.06. The number of fused-ring (bicyclic) bond motifs is 2. The summed E-state index contributed by atoms with van der Waals surface area (Å²) in [5.74, 6) is -0.0934. The van der Waals surface area contributed by atoms with Crippen molar-refractivity contribution in [1.29, 1.82) is 0 Å². The molecule has 6 rings (SSSR count). The van der Waals surface area contributed by atoms with Gasteiger partial charge in [-0.3, -0.25) is 24.8 Å². The Hall–Kier alpha value is -4.31. The van der Waals surface area contributed by atoms with E-state index in [0.717, 1.165) is 16.0 Å². The Kier molecular flexibility index (Phi) is 4.56. The summed E-state index contributed by atoms with van der Waals surface area (Å²) in [7, 11) is 0. The van der Waals surface area contributed by atoms with Gasteiger partial charge in [-0.15, -0.1) is 11.3 Å². The SMILES string of the molecule is CC(=O)c1ccc(-c2cncc3[nH]c(-c4n[nH]c5cnc(-c6cnccc6C)c(F)c45)nc23)s1. The van der Waals surface area contributed by atoms with Crippen LogP contribution < -0.4 is 0 Å². The van der Waals surface area contributed by atoms with E-state index < -0.39 is 5.82 Å². The van der Waals surface area contributed by atoms with E-state index in [1.807, 2.05) is 19.1 Å². The zero-order valence-corrected chi connectivity index (χ0v) is 18.9. The van der Waals surface area contributed by atoms with E-state index in [1.165, 1.54) is 18.3 Å². The molecule has 0 spiro atoms. The Bertz CT molecular complexity index is 1730. The average molecular weight is 470 g/mol. The molecule has 10 heteroatoms. The largest absolute Gasteiger partial charge is 0.335 e. The molecule has 0 aliphatic carbocycles. The van der Waals surface area contributed by atoms with Crippen molar-refractivity contribution in [3.63, 3.8) is 0 Å². The molecule has 0 saturated carbocycles. The van der Waals surface area contributed by atoms with E-state index in [2.05, 4.69) is 30.1 Å². The first kappa shape index (κ1) is 20.3. The number of aromatic nitrogens is 7. The van der Waals surface area contributed by atoms with Crippen LogP contribution in [0.4, 0.5) is 4.39 Å². The van der Waals surface area contributed by atoms with Crippen LogP contribution in [-0.4, -0.2) is 40.9 Å². The van der Waals surface area contributed by atoms with Gasteiger partial charge in [0, 0.05) is 34.6 Å². The van der Waals surface area contributed by atoms with Crippen LogP contribution in [0.1, 0.15) is 22.2 Å². The summed E-state index contributed by atoms with van der Waals surface area (Å²) in [5.41, 5.74) is 4.61. The second-order valence-electron chi connectivity index (χ2n) is 7.86. The van der Waals surface area contributed by atoms with Crippen molar-refractivity contribution in [2.45, 2.75) is 13.8 Å². The first-order chi connectivity index (χ1) is 16.5. The van der Waals surface area contributed by atoms with Crippen molar-refractivity contribution in [3.05, 3.63) is 65.4 Å². The molecule has 0 bridgehead atoms. The molecule has 0 fully saturated rings. The monoisotopic (exact) mass is 469 g/mol. The predicted molar refractivity (Wildman–Crippen MR) is 128 cm³/mol. The first-order valence-corrected chi connectivity index (χ1v) is 11.2. The number of carbonyl (C=O) groups is 1. The van der Waals surface area contributed by atoms with Crippen LogP contribution in [0.2, 0.25) is 0 Å². The molecule has 8 nitrogen and oxygen atoms in total. The second-order valence-corrected chi connectivity index (χ2v) is 8.94. The molecule has 0 aliphatic rings. The molecule has 0 radical (unpaired) electrons. The third-order valence-corrected chi connectivity index (χ3v) is 6.89. The van der Waals surface area contributed by atoms with Gasteiger partial charge in [0.1, 0.15) is 16.9 Å². The van der Waals surface area contributed by atoms with Crippen LogP contribution in [0.3, 0.4) is 0 Å². The summed E-state index contributed by atoms with van der Waals surface area (Å²) < 4.78 is 15.8. The number of ketones is 1. The first-order valence-electron chi connectivity index (χ1n) is 10.4. The van der Waals surface area contributed by atoms with Crippen LogP contribution >= 0.6 is 11.3 Å². The number of H-pyrrole nitrogens is 2. The third-order valence-electron chi connectivity index (χ3n) is 5.68. The fourth-order valence-corrected chi connectivity index (χ4v) is 4.86. The highest BCUT2D eigenvalue weighted by molar-refractivity contribution is 7.17. The molecule has 6 aromatic heterocycles. The number of carbonyl (C=O) groups excluding carboxylic acids is 1. The molecule has 34 heavy (non-hydrogen) atoms. The predicted octanol–water partition coefficient (Wildman–Crippen LogP) is 5.34. The Morgan fingerprint density at radius 1 is 1.00 bits per heavy atom. The van der Waals surface area contributed by atoms with Gasteiger partial charge in [-0.1, -0.05) is 0 Å². The molecule has 166 valence electrons. The van der Waals surface area contributed by atoms with Crippen molar-refractivity contribution in [2.75, 3.05) is 0 Å². The Labute approximate surface area is 196 Å². The maximum absolute atomic E-state index is 15.8. The summed E-state index contributed by atoms with van der Waals surface area (Å²) >= 11 is 1.38. The zero-order valence-electron chi connectivity index (χ0n) is 18.0. The summed E-state index contributed by atoms with van der Waals surface area (Å²) in [6.45, 7) is 3.42. The molecule has 0 saturated heterocycles. The minimum Gasteiger partial charge on any atom is -0.335 e. The Morgan fingerprint density at radius 2 is 1.85 bits per heavy atom. The molecular formula is C24H16FN7OS. The van der Waals surface area contributed by atoms with Gasteiger partial charge in [0.2, 0.25) is 0 Å². The fraction of sp³-hybridized carbons (Fsp3) is 0.0833. The fourth-order valence-electron chi connectivity index (χ4n) is 3.94. The van der Waals surface area contributed by atoms with Crippen molar-refractivity contribution < 1.29 is 9.18 Å². The molecule has 0 aliphatic heterocycles. The number of aryl methyl sites for hydroxylation is 1. The lowest BCUT2D eigenvalue weighted by Crippen LogP contribution is -1.94. The number of thiophene rings is 1. The standard InChI is InChI=1S/C24H16FN7OS/c1-11-5-6-26-7-13(11)22-20(25)19-15(10-28-22)31-32-23(19)24-29-16-9-27-8-14(21(16)30-24)18-4-3-17(34-18)12(2)33/h3-10H,1-2H3,(H,29,30)(H,31,32). The summed E-state index contributed by atoms with van der Waals surface area (Å²) in [6, 6.07) is 5.48. The van der Waals surface area contributed by atoms with Crippen LogP contribution in [0, 0.1) is 12.7 Å². The van der Waals surface area contributed by atoms with E-state index in [-0.39, 0.29) is 16.9 Å². The summed E-state index contributed by atoms with van der Waals surface area (Å²) in [6.07, 6.45) is 8.18. The number of rotatable bonds is 4. The van der Waals surface area contributed by atoms with Crippen molar-refractivity contribution in [3.8, 4) is 33.2 Å². The quantitative estimate of drug-likeness (QED) is 0.337. The maximum Gasteiger partial charge on any atom is 0.169 e. The van der Waals surface area contributed by atoms with Gasteiger partial charge in [-0.05, 0) is 37.6 Å². The number of Topliss-reactive ketones (excluding diaryl/α,β-unsaturated/α-hetero) is 1. The van der Waals surface area contributed by atoms with Crippen molar-refractivity contribution in [2.24, 2.45) is 0 Å². The molecule has 0 aromatic carbocycles.